The topological polar surface area (TPSA) is 99.2 Å². The van der Waals surface area contributed by atoms with Crippen LogP contribution in [0.4, 0.5) is 11.4 Å². The molecule has 2 aromatic rings. The lowest BCUT2D eigenvalue weighted by Crippen LogP contribution is -2.52. The van der Waals surface area contributed by atoms with E-state index in [1.165, 1.54) is 0 Å². The zero-order valence-corrected chi connectivity index (χ0v) is 20.2. The molecule has 7 heteroatoms. The summed E-state index contributed by atoms with van der Waals surface area (Å²) < 4.78 is 0.781. The summed E-state index contributed by atoms with van der Waals surface area (Å²) in [7, 11) is 0. The highest BCUT2D eigenvalue weighted by Gasteiger charge is 2.61. The number of carbonyl (C=O) groups is 2. The highest BCUT2D eigenvalue weighted by molar-refractivity contribution is 9.10. The molecule has 6 nitrogen and oxygen atoms in total. The van der Waals surface area contributed by atoms with Crippen LogP contribution >= 0.6 is 15.9 Å². The number of carbonyl (C=O) groups excluding carboxylic acids is 2. The fourth-order valence-electron chi connectivity index (χ4n) is 5.44. The Labute approximate surface area is 200 Å². The number of nitrogens with one attached hydrogen (secondary N) is 1. The predicted octanol–water partition coefficient (Wildman–Crippen LogP) is 4.80. The summed E-state index contributed by atoms with van der Waals surface area (Å²) in [5, 5.41) is 13.3. The van der Waals surface area contributed by atoms with Gasteiger partial charge in [0.1, 0.15) is 17.3 Å². The van der Waals surface area contributed by atoms with Crippen LogP contribution in [0, 0.1) is 23.7 Å². The van der Waals surface area contributed by atoms with Crippen molar-refractivity contribution in [3.63, 3.8) is 0 Å². The predicted molar refractivity (Wildman–Crippen MR) is 130 cm³/mol. The molecule has 1 unspecified atom stereocenters. The van der Waals surface area contributed by atoms with Crippen LogP contribution in [0.15, 0.2) is 69.6 Å². The Hall–Kier alpha value is -3.37. The maximum atomic E-state index is 13.8. The smallest absolute Gasteiger partial charge is 0.245 e. The Kier molecular flexibility index (Phi) is 4.60. The van der Waals surface area contributed by atoms with Crippen molar-refractivity contribution in [2.24, 2.45) is 11.1 Å². The van der Waals surface area contributed by atoms with Crippen LogP contribution < -0.4 is 16.0 Å². The Morgan fingerprint density at radius 1 is 1.15 bits per heavy atom. The highest BCUT2D eigenvalue weighted by Crippen LogP contribution is 2.57. The first kappa shape index (κ1) is 21.5. The van der Waals surface area contributed by atoms with Crippen LogP contribution in [0.25, 0.3) is 0 Å². The molecule has 3 N–H and O–H groups in total. The molecule has 0 saturated carbocycles. The van der Waals surface area contributed by atoms with Gasteiger partial charge in [-0.3, -0.25) is 14.5 Å². The van der Waals surface area contributed by atoms with Gasteiger partial charge in [-0.15, -0.1) is 0 Å². The third-order valence-corrected chi connectivity index (χ3v) is 7.41. The minimum Gasteiger partial charge on any atom is -0.384 e. The molecule has 0 bridgehead atoms. The minimum absolute atomic E-state index is 0.0742. The van der Waals surface area contributed by atoms with Crippen molar-refractivity contribution in [3.8, 4) is 6.07 Å². The number of aryl methyl sites for hydroxylation is 1. The first-order chi connectivity index (χ1) is 15.6. The van der Waals surface area contributed by atoms with E-state index in [0.29, 0.717) is 28.9 Å². The fourth-order valence-corrected chi connectivity index (χ4v) is 5.87. The Bertz CT molecular complexity index is 1360. The van der Waals surface area contributed by atoms with Crippen molar-refractivity contribution in [2.45, 2.75) is 39.0 Å². The van der Waals surface area contributed by atoms with E-state index in [9.17, 15) is 14.9 Å². The van der Waals surface area contributed by atoms with Crippen molar-refractivity contribution in [3.05, 3.63) is 80.7 Å². The van der Waals surface area contributed by atoms with Gasteiger partial charge in [-0.25, -0.2) is 0 Å². The third-order valence-electron chi connectivity index (χ3n) is 6.74. The van der Waals surface area contributed by atoms with Gasteiger partial charge in [-0.2, -0.15) is 5.26 Å². The largest absolute Gasteiger partial charge is 0.384 e. The van der Waals surface area contributed by atoms with Crippen molar-refractivity contribution >= 4 is 39.0 Å². The lowest BCUT2D eigenvalue weighted by atomic mass is 9.61. The lowest BCUT2D eigenvalue weighted by molar-refractivity contribution is -0.123. The number of Topliss-reactive ketones (excluding diaryl/α,β-unsaturated/α-hetero) is 1. The van der Waals surface area contributed by atoms with Gasteiger partial charge in [0.05, 0.1) is 11.3 Å². The second-order valence-corrected chi connectivity index (χ2v) is 10.5. The zero-order chi connectivity index (χ0) is 23.7. The zero-order valence-electron chi connectivity index (χ0n) is 18.6. The van der Waals surface area contributed by atoms with E-state index in [1.807, 2.05) is 51.1 Å². The number of nitrogens with two attached hydrogens (primary N) is 1. The quantitative estimate of drug-likeness (QED) is 0.582. The van der Waals surface area contributed by atoms with Crippen molar-refractivity contribution in [2.75, 3.05) is 10.2 Å². The number of anilines is 2. The normalized spacial score (nSPS) is 23.4. The van der Waals surface area contributed by atoms with Gasteiger partial charge in [-0.05, 0) is 58.5 Å². The molecule has 2 heterocycles. The van der Waals surface area contributed by atoms with Gasteiger partial charge in [0.15, 0.2) is 5.78 Å². The van der Waals surface area contributed by atoms with E-state index in [1.54, 1.807) is 17.0 Å². The number of nitriles is 1. The van der Waals surface area contributed by atoms with Gasteiger partial charge in [0.2, 0.25) is 5.91 Å². The first-order valence-corrected chi connectivity index (χ1v) is 11.6. The summed E-state index contributed by atoms with van der Waals surface area (Å²) in [4.78, 5) is 29.3. The summed E-state index contributed by atoms with van der Waals surface area (Å²) in [5.41, 5.74) is 8.89. The van der Waals surface area contributed by atoms with Crippen LogP contribution in [0.1, 0.15) is 37.8 Å². The molecule has 1 spiro atoms. The summed E-state index contributed by atoms with van der Waals surface area (Å²) >= 11 is 3.62. The Morgan fingerprint density at radius 3 is 2.61 bits per heavy atom. The fraction of sp³-hybridized carbons (Fsp3) is 0.269. The van der Waals surface area contributed by atoms with Gasteiger partial charge in [0, 0.05) is 33.4 Å². The van der Waals surface area contributed by atoms with Gasteiger partial charge in [-0.1, -0.05) is 38.1 Å². The van der Waals surface area contributed by atoms with Crippen molar-refractivity contribution in [1.82, 2.24) is 0 Å². The number of hydrogen-bond acceptors (Lipinski definition) is 5. The molecule has 1 aliphatic carbocycles. The third kappa shape index (κ3) is 2.83. The van der Waals surface area contributed by atoms with Gasteiger partial charge < -0.3 is 11.1 Å². The van der Waals surface area contributed by atoms with Crippen LogP contribution in [0.5, 0.6) is 0 Å². The molecule has 0 fully saturated rings. The maximum Gasteiger partial charge on any atom is 0.245 e. The van der Waals surface area contributed by atoms with E-state index in [2.05, 4.69) is 27.3 Å². The SMILES string of the molecule is Cc1ccc(Br)c(N2C(N)=C(C#N)C3(C(=O)Nc4ccccc43)C3=C2CC(C)(C)CC3=O)c1. The van der Waals surface area contributed by atoms with E-state index in [4.69, 9.17) is 5.73 Å². The van der Waals surface area contributed by atoms with Gasteiger partial charge >= 0.3 is 0 Å². The number of nitrogens with zero attached hydrogens (tertiary/aromatic N) is 2. The number of rotatable bonds is 1. The van der Waals surface area contributed by atoms with Crippen LogP contribution in [-0.4, -0.2) is 11.7 Å². The van der Waals surface area contributed by atoms with Crippen molar-refractivity contribution < 1.29 is 9.59 Å². The van der Waals surface area contributed by atoms with Crippen LogP contribution in [0.3, 0.4) is 0 Å². The standard InChI is InChI=1S/C26H23BrN4O2/c1-14-8-9-17(27)19(10-14)31-20-11-25(2,3)12-21(32)22(20)26(16(13-28)23(31)29)15-6-4-5-7-18(15)30-24(26)33/h4-10H,11-12,29H2,1-3H3,(H,30,33). The molecule has 166 valence electrons. The number of para-hydroxylation sites is 1. The maximum absolute atomic E-state index is 13.8. The van der Waals surface area contributed by atoms with Gasteiger partial charge in [0.25, 0.3) is 0 Å². The number of allylic oxidation sites excluding steroid dienone is 1. The lowest BCUT2D eigenvalue weighted by Gasteiger charge is -2.47. The molecule has 0 saturated heterocycles. The molecule has 2 aromatic carbocycles. The number of hydrogen-bond donors (Lipinski definition) is 2. The number of ketones is 1. The number of halogens is 1. The van der Waals surface area contributed by atoms with Crippen LogP contribution in [-0.2, 0) is 15.0 Å². The van der Waals surface area contributed by atoms with Crippen LogP contribution in [0.2, 0.25) is 0 Å². The molecule has 0 radical (unpaired) electrons. The molecule has 1 amide bonds. The molecule has 2 aliphatic heterocycles. The molecule has 3 aliphatic rings. The summed E-state index contributed by atoms with van der Waals surface area (Å²) in [5.74, 6) is -0.381. The first-order valence-electron chi connectivity index (χ1n) is 10.8. The average molecular weight is 503 g/mol. The number of amides is 1. The van der Waals surface area contributed by atoms with E-state index in [-0.39, 0.29) is 29.0 Å². The van der Waals surface area contributed by atoms with E-state index in [0.717, 1.165) is 15.7 Å². The minimum atomic E-state index is -1.55. The summed E-state index contributed by atoms with van der Waals surface area (Å²) in [6.45, 7) is 6.04. The molecule has 1 atom stereocenters. The van der Waals surface area contributed by atoms with E-state index >= 15 is 0 Å². The molecule has 0 aromatic heterocycles. The molecule has 33 heavy (non-hydrogen) atoms. The second-order valence-electron chi connectivity index (χ2n) is 9.67. The summed E-state index contributed by atoms with van der Waals surface area (Å²) in [6, 6.07) is 15.3. The Balaban J connectivity index is 1.92. The molecular formula is C26H23BrN4O2. The molecule has 5 rings (SSSR count). The van der Waals surface area contributed by atoms with E-state index < -0.39 is 11.3 Å². The molecular weight excluding hydrogens is 480 g/mol. The number of fused-ring (bicyclic) bond motifs is 3. The average Bonchev–Trinajstić information content (AvgIpc) is 3.02. The monoisotopic (exact) mass is 502 g/mol. The highest BCUT2D eigenvalue weighted by atomic mass is 79.9. The number of benzene rings is 2. The second kappa shape index (κ2) is 7.06. The Morgan fingerprint density at radius 2 is 1.88 bits per heavy atom. The summed E-state index contributed by atoms with van der Waals surface area (Å²) in [6.07, 6.45) is 0.815. The van der Waals surface area contributed by atoms with Crippen molar-refractivity contribution in [1.29, 1.82) is 5.26 Å².